The molecule has 0 aliphatic rings. The summed E-state index contributed by atoms with van der Waals surface area (Å²) in [5.41, 5.74) is 6.16. The van der Waals surface area contributed by atoms with Crippen LogP contribution in [0, 0.1) is 0 Å². The molecule has 5 nitrogen and oxygen atoms in total. The lowest BCUT2D eigenvalue weighted by atomic mass is 10.1. The number of methoxy groups -OCH3 is 2. The lowest BCUT2D eigenvalue weighted by molar-refractivity contribution is -0.127. The van der Waals surface area contributed by atoms with Crippen molar-refractivity contribution in [1.82, 2.24) is 0 Å². The number of carbonyl (C=O) groups is 1. The predicted molar refractivity (Wildman–Crippen MR) is 73.2 cm³/mol. The third-order valence-electron chi connectivity index (χ3n) is 2.46. The van der Waals surface area contributed by atoms with Crippen molar-refractivity contribution >= 4 is 27.5 Å². The number of ether oxygens (including phenoxy) is 2. The Hall–Kier alpha value is -1.11. The number of amides is 1. The highest BCUT2D eigenvalue weighted by Gasteiger charge is 2.20. The second-order valence-electron chi connectivity index (χ2n) is 3.75. The van der Waals surface area contributed by atoms with E-state index in [0.29, 0.717) is 6.42 Å². The Kier molecular flexibility index (Phi) is 6.11. The molecule has 1 atom stereocenters. The van der Waals surface area contributed by atoms with Gasteiger partial charge < -0.3 is 20.5 Å². The molecule has 1 aromatic carbocycles. The molecule has 100 valence electrons. The largest absolute Gasteiger partial charge is 0.374 e. The zero-order valence-electron chi connectivity index (χ0n) is 10.4. The van der Waals surface area contributed by atoms with Gasteiger partial charge in [-0.05, 0) is 18.2 Å². The summed E-state index contributed by atoms with van der Waals surface area (Å²) < 4.78 is 11.0. The summed E-state index contributed by atoms with van der Waals surface area (Å²) in [5, 5.41) is 3.05. The quantitative estimate of drug-likeness (QED) is 0.751. The molecule has 18 heavy (non-hydrogen) atoms. The standard InChI is InChI=1S/C12H17BrN2O3/c1-17-11(18-2)7-10(12(14)16)15-9-5-3-4-8(13)6-9/h3-6,10-11,15H,7H2,1-2H3,(H2,14,16). The minimum absolute atomic E-state index is 0.342. The number of nitrogens with two attached hydrogens (primary N) is 1. The highest BCUT2D eigenvalue weighted by atomic mass is 79.9. The Bertz CT molecular complexity index is 397. The zero-order chi connectivity index (χ0) is 13.5. The van der Waals surface area contributed by atoms with Gasteiger partial charge in [-0.25, -0.2) is 0 Å². The van der Waals surface area contributed by atoms with Gasteiger partial charge >= 0.3 is 0 Å². The molecule has 0 saturated heterocycles. The Labute approximate surface area is 115 Å². The number of hydrogen-bond donors (Lipinski definition) is 2. The van der Waals surface area contributed by atoms with Crippen LogP contribution in [0.2, 0.25) is 0 Å². The number of carbonyl (C=O) groups excluding carboxylic acids is 1. The highest BCUT2D eigenvalue weighted by Crippen LogP contribution is 2.17. The third-order valence-corrected chi connectivity index (χ3v) is 2.96. The monoisotopic (exact) mass is 316 g/mol. The molecular weight excluding hydrogens is 300 g/mol. The molecule has 3 N–H and O–H groups in total. The van der Waals surface area contributed by atoms with Gasteiger partial charge in [0.25, 0.3) is 0 Å². The summed E-state index contributed by atoms with van der Waals surface area (Å²) in [4.78, 5) is 11.4. The van der Waals surface area contributed by atoms with Gasteiger partial charge in [-0.3, -0.25) is 4.79 Å². The van der Waals surface area contributed by atoms with Crippen LogP contribution in [0.1, 0.15) is 6.42 Å². The summed E-state index contributed by atoms with van der Waals surface area (Å²) in [6.45, 7) is 0. The Morgan fingerprint density at radius 3 is 2.61 bits per heavy atom. The van der Waals surface area contributed by atoms with Crippen molar-refractivity contribution in [1.29, 1.82) is 0 Å². The number of nitrogens with one attached hydrogen (secondary N) is 1. The first kappa shape index (κ1) is 14.9. The average molecular weight is 317 g/mol. The molecule has 0 heterocycles. The van der Waals surface area contributed by atoms with Crippen molar-refractivity contribution in [3.05, 3.63) is 28.7 Å². The lowest BCUT2D eigenvalue weighted by Crippen LogP contribution is -2.39. The van der Waals surface area contributed by atoms with Crippen LogP contribution in [0.25, 0.3) is 0 Å². The molecule has 0 aliphatic carbocycles. The Morgan fingerprint density at radius 1 is 1.44 bits per heavy atom. The molecular formula is C12H17BrN2O3. The summed E-state index contributed by atoms with van der Waals surface area (Å²) in [6, 6.07) is 6.94. The molecule has 6 heteroatoms. The number of benzene rings is 1. The Balaban J connectivity index is 2.71. The summed E-state index contributed by atoms with van der Waals surface area (Å²) >= 11 is 3.36. The first-order chi connectivity index (χ1) is 8.56. The number of anilines is 1. The van der Waals surface area contributed by atoms with E-state index in [2.05, 4.69) is 21.2 Å². The van der Waals surface area contributed by atoms with Crippen molar-refractivity contribution in [3.63, 3.8) is 0 Å². The maximum atomic E-state index is 11.4. The Morgan fingerprint density at radius 2 is 2.11 bits per heavy atom. The van der Waals surface area contributed by atoms with Gasteiger partial charge in [0.05, 0.1) is 0 Å². The van der Waals surface area contributed by atoms with Crippen molar-refractivity contribution in [2.24, 2.45) is 5.73 Å². The molecule has 0 aromatic heterocycles. The fraction of sp³-hybridized carbons (Fsp3) is 0.417. The maximum absolute atomic E-state index is 11.4. The number of primary amides is 1. The molecule has 1 rings (SSSR count). The average Bonchev–Trinajstić information content (AvgIpc) is 2.34. The summed E-state index contributed by atoms with van der Waals surface area (Å²) in [6.07, 6.45) is -0.128. The summed E-state index contributed by atoms with van der Waals surface area (Å²) in [5.74, 6) is -0.450. The zero-order valence-corrected chi connectivity index (χ0v) is 11.9. The minimum Gasteiger partial charge on any atom is -0.374 e. The molecule has 0 bridgehead atoms. The van der Waals surface area contributed by atoms with Crippen LogP contribution in [-0.4, -0.2) is 32.5 Å². The van der Waals surface area contributed by atoms with Crippen LogP contribution < -0.4 is 11.1 Å². The van der Waals surface area contributed by atoms with E-state index in [4.69, 9.17) is 15.2 Å². The van der Waals surface area contributed by atoms with Gasteiger partial charge in [-0.15, -0.1) is 0 Å². The van der Waals surface area contributed by atoms with E-state index in [-0.39, 0.29) is 0 Å². The fourth-order valence-electron chi connectivity index (χ4n) is 1.51. The van der Waals surface area contributed by atoms with Crippen molar-refractivity contribution in [2.75, 3.05) is 19.5 Å². The normalized spacial score (nSPS) is 12.4. The van der Waals surface area contributed by atoms with Gasteiger partial charge in [0.2, 0.25) is 5.91 Å². The van der Waals surface area contributed by atoms with E-state index in [0.717, 1.165) is 10.2 Å². The number of rotatable bonds is 7. The minimum atomic E-state index is -0.552. The van der Waals surface area contributed by atoms with Crippen LogP contribution >= 0.6 is 15.9 Å². The lowest BCUT2D eigenvalue weighted by Gasteiger charge is -2.21. The van der Waals surface area contributed by atoms with Gasteiger partial charge in [0, 0.05) is 30.8 Å². The van der Waals surface area contributed by atoms with E-state index < -0.39 is 18.2 Å². The molecule has 1 aromatic rings. The van der Waals surface area contributed by atoms with E-state index in [1.54, 1.807) is 0 Å². The molecule has 0 spiro atoms. The molecule has 0 fully saturated rings. The second-order valence-corrected chi connectivity index (χ2v) is 4.66. The van der Waals surface area contributed by atoms with E-state index in [9.17, 15) is 4.79 Å². The fourth-order valence-corrected chi connectivity index (χ4v) is 1.91. The smallest absolute Gasteiger partial charge is 0.240 e. The number of hydrogen-bond acceptors (Lipinski definition) is 4. The summed E-state index contributed by atoms with van der Waals surface area (Å²) in [7, 11) is 3.04. The molecule has 1 unspecified atom stereocenters. The maximum Gasteiger partial charge on any atom is 0.240 e. The van der Waals surface area contributed by atoms with E-state index in [1.165, 1.54) is 14.2 Å². The van der Waals surface area contributed by atoms with Crippen LogP contribution in [0.3, 0.4) is 0 Å². The van der Waals surface area contributed by atoms with Crippen LogP contribution in [-0.2, 0) is 14.3 Å². The van der Waals surface area contributed by atoms with Crippen molar-refractivity contribution in [3.8, 4) is 0 Å². The topological polar surface area (TPSA) is 73.6 Å². The van der Waals surface area contributed by atoms with Crippen molar-refractivity contribution in [2.45, 2.75) is 18.8 Å². The van der Waals surface area contributed by atoms with Gasteiger partial charge in [-0.1, -0.05) is 22.0 Å². The third kappa shape index (κ3) is 4.64. The first-order valence-corrected chi connectivity index (χ1v) is 6.23. The van der Waals surface area contributed by atoms with Crippen LogP contribution in [0.5, 0.6) is 0 Å². The van der Waals surface area contributed by atoms with E-state index in [1.807, 2.05) is 24.3 Å². The second kappa shape index (κ2) is 7.35. The van der Waals surface area contributed by atoms with Crippen LogP contribution in [0.4, 0.5) is 5.69 Å². The highest BCUT2D eigenvalue weighted by molar-refractivity contribution is 9.10. The SMILES string of the molecule is COC(CC(Nc1cccc(Br)c1)C(N)=O)OC. The molecule has 0 aliphatic heterocycles. The number of halogens is 1. The van der Waals surface area contributed by atoms with Gasteiger partial charge in [0.15, 0.2) is 6.29 Å². The van der Waals surface area contributed by atoms with Crippen LogP contribution in [0.15, 0.2) is 28.7 Å². The molecule has 0 radical (unpaired) electrons. The van der Waals surface area contributed by atoms with Gasteiger partial charge in [0.1, 0.15) is 6.04 Å². The molecule has 1 amide bonds. The van der Waals surface area contributed by atoms with E-state index >= 15 is 0 Å². The molecule has 0 saturated carbocycles. The van der Waals surface area contributed by atoms with Gasteiger partial charge in [-0.2, -0.15) is 0 Å². The predicted octanol–water partition coefficient (Wildman–Crippen LogP) is 1.72. The van der Waals surface area contributed by atoms with Crippen molar-refractivity contribution < 1.29 is 14.3 Å². The first-order valence-electron chi connectivity index (χ1n) is 5.43.